The Balaban J connectivity index is 1.44. The van der Waals surface area contributed by atoms with Gasteiger partial charge in [0, 0.05) is 12.5 Å². The van der Waals surface area contributed by atoms with Crippen molar-refractivity contribution in [3.8, 4) is 0 Å². The lowest BCUT2D eigenvalue weighted by Crippen LogP contribution is -2.39. The SMILES string of the molecule is CN(Cc1nnc(C2CC2)o1)[C@H]1CCN(c2ccccc2Cl)C1=O. The van der Waals surface area contributed by atoms with E-state index < -0.39 is 0 Å². The molecule has 4 rings (SSSR count). The molecule has 2 aromatic rings. The summed E-state index contributed by atoms with van der Waals surface area (Å²) in [4.78, 5) is 16.5. The Morgan fingerprint density at radius 3 is 2.83 bits per heavy atom. The molecule has 24 heavy (non-hydrogen) atoms. The van der Waals surface area contributed by atoms with Crippen LogP contribution in [0.15, 0.2) is 28.7 Å². The van der Waals surface area contributed by atoms with Crippen molar-refractivity contribution in [2.45, 2.75) is 37.8 Å². The molecule has 1 aliphatic carbocycles. The third-order valence-electron chi connectivity index (χ3n) is 4.65. The van der Waals surface area contributed by atoms with Gasteiger partial charge >= 0.3 is 0 Å². The minimum Gasteiger partial charge on any atom is -0.424 e. The standard InChI is InChI=1S/C17H19ClN4O2/c1-21(10-15-19-20-16(24-15)11-6-7-11)14-8-9-22(17(14)23)13-5-3-2-4-12(13)18/h2-5,11,14H,6-10H2,1H3/t14-/m0/s1. The maximum absolute atomic E-state index is 12.8. The topological polar surface area (TPSA) is 62.5 Å². The molecule has 1 amide bonds. The predicted molar refractivity (Wildman–Crippen MR) is 90.0 cm³/mol. The van der Waals surface area contributed by atoms with E-state index in [2.05, 4.69) is 10.2 Å². The smallest absolute Gasteiger partial charge is 0.244 e. The zero-order valence-corrected chi connectivity index (χ0v) is 14.2. The third-order valence-corrected chi connectivity index (χ3v) is 4.97. The summed E-state index contributed by atoms with van der Waals surface area (Å²) in [5.41, 5.74) is 0.772. The normalized spacial score (nSPS) is 21.0. The van der Waals surface area contributed by atoms with Crippen LogP contribution in [0, 0.1) is 0 Å². The van der Waals surface area contributed by atoms with Crippen molar-refractivity contribution in [2.24, 2.45) is 0 Å². The van der Waals surface area contributed by atoms with Crippen molar-refractivity contribution < 1.29 is 9.21 Å². The van der Waals surface area contributed by atoms with Crippen LogP contribution in [0.2, 0.25) is 5.02 Å². The Kier molecular flexibility index (Phi) is 4.02. The number of aromatic nitrogens is 2. The molecular formula is C17H19ClN4O2. The number of hydrogen-bond acceptors (Lipinski definition) is 5. The summed E-state index contributed by atoms with van der Waals surface area (Å²) in [5.74, 6) is 1.81. The van der Waals surface area contributed by atoms with Crippen LogP contribution in [0.5, 0.6) is 0 Å². The predicted octanol–water partition coefficient (Wildman–Crippen LogP) is 2.84. The monoisotopic (exact) mass is 346 g/mol. The largest absolute Gasteiger partial charge is 0.424 e. The number of halogens is 1. The second kappa shape index (κ2) is 6.18. The fraction of sp³-hybridized carbons (Fsp3) is 0.471. The number of carbonyl (C=O) groups excluding carboxylic acids is 1. The van der Waals surface area contributed by atoms with E-state index in [1.807, 2.05) is 30.1 Å². The maximum atomic E-state index is 12.8. The van der Waals surface area contributed by atoms with Crippen LogP contribution in [0.4, 0.5) is 5.69 Å². The summed E-state index contributed by atoms with van der Waals surface area (Å²) in [6, 6.07) is 7.24. The fourth-order valence-electron chi connectivity index (χ4n) is 3.13. The number of nitrogens with zero attached hydrogens (tertiary/aromatic N) is 4. The van der Waals surface area contributed by atoms with E-state index in [0.29, 0.717) is 29.9 Å². The number of rotatable bonds is 5. The van der Waals surface area contributed by atoms with E-state index in [9.17, 15) is 4.79 Å². The van der Waals surface area contributed by atoms with E-state index in [4.69, 9.17) is 16.0 Å². The van der Waals surface area contributed by atoms with E-state index in [-0.39, 0.29) is 11.9 Å². The Hall–Kier alpha value is -1.92. The zero-order chi connectivity index (χ0) is 16.7. The minimum absolute atomic E-state index is 0.0625. The number of benzene rings is 1. The molecule has 0 radical (unpaired) electrons. The summed E-state index contributed by atoms with van der Waals surface area (Å²) in [6.45, 7) is 1.14. The summed E-state index contributed by atoms with van der Waals surface area (Å²) in [5, 5.41) is 8.79. The molecule has 0 unspecified atom stereocenters. The number of hydrogen-bond donors (Lipinski definition) is 0. The molecule has 1 atom stereocenters. The summed E-state index contributed by atoms with van der Waals surface area (Å²) in [6.07, 6.45) is 3.01. The molecule has 2 aliphatic rings. The van der Waals surface area contributed by atoms with Crippen LogP contribution in [-0.2, 0) is 11.3 Å². The van der Waals surface area contributed by atoms with Crippen molar-refractivity contribution in [3.63, 3.8) is 0 Å². The fourth-order valence-corrected chi connectivity index (χ4v) is 3.37. The first-order valence-electron chi connectivity index (χ1n) is 8.22. The quantitative estimate of drug-likeness (QED) is 0.833. The minimum atomic E-state index is -0.197. The van der Waals surface area contributed by atoms with E-state index in [0.717, 1.165) is 30.8 Å². The van der Waals surface area contributed by atoms with Gasteiger partial charge in [-0.25, -0.2) is 0 Å². The van der Waals surface area contributed by atoms with Crippen molar-refractivity contribution >= 4 is 23.2 Å². The van der Waals surface area contributed by atoms with Crippen molar-refractivity contribution in [2.75, 3.05) is 18.5 Å². The first kappa shape index (κ1) is 15.6. The molecule has 1 aromatic carbocycles. The zero-order valence-electron chi connectivity index (χ0n) is 13.5. The van der Waals surface area contributed by atoms with E-state index in [1.54, 1.807) is 11.0 Å². The molecule has 7 heteroatoms. The molecule has 0 N–H and O–H groups in total. The van der Waals surface area contributed by atoms with Gasteiger partial charge in [-0.3, -0.25) is 9.69 Å². The molecule has 1 aromatic heterocycles. The molecule has 1 aliphatic heterocycles. The van der Waals surface area contributed by atoms with Gasteiger partial charge in [-0.15, -0.1) is 10.2 Å². The average molecular weight is 347 g/mol. The Bertz CT molecular complexity index is 759. The van der Waals surface area contributed by atoms with Crippen LogP contribution in [-0.4, -0.2) is 40.6 Å². The van der Waals surface area contributed by atoms with Gasteiger partial charge in [0.1, 0.15) is 0 Å². The number of anilines is 1. The lowest BCUT2D eigenvalue weighted by atomic mass is 10.2. The van der Waals surface area contributed by atoms with Gasteiger partial charge in [0.15, 0.2) is 0 Å². The number of likely N-dealkylation sites (N-methyl/N-ethyl adjacent to an activating group) is 1. The molecule has 126 valence electrons. The van der Waals surface area contributed by atoms with Gasteiger partial charge in [0.2, 0.25) is 17.7 Å². The Morgan fingerprint density at radius 1 is 1.29 bits per heavy atom. The highest BCUT2D eigenvalue weighted by molar-refractivity contribution is 6.33. The highest BCUT2D eigenvalue weighted by Gasteiger charge is 2.36. The van der Waals surface area contributed by atoms with Gasteiger partial charge in [-0.05, 0) is 38.4 Å². The number of carbonyl (C=O) groups is 1. The van der Waals surface area contributed by atoms with Gasteiger partial charge in [0.05, 0.1) is 23.3 Å². The maximum Gasteiger partial charge on any atom is 0.244 e. The van der Waals surface area contributed by atoms with Crippen molar-refractivity contribution in [3.05, 3.63) is 41.1 Å². The van der Waals surface area contributed by atoms with Crippen LogP contribution >= 0.6 is 11.6 Å². The van der Waals surface area contributed by atoms with Crippen LogP contribution in [0.1, 0.15) is 37.0 Å². The van der Waals surface area contributed by atoms with Crippen LogP contribution in [0.25, 0.3) is 0 Å². The van der Waals surface area contributed by atoms with Crippen molar-refractivity contribution in [1.29, 1.82) is 0 Å². The number of amides is 1. The van der Waals surface area contributed by atoms with E-state index in [1.165, 1.54) is 0 Å². The molecule has 0 spiro atoms. The third kappa shape index (κ3) is 2.91. The van der Waals surface area contributed by atoms with Gasteiger partial charge in [-0.1, -0.05) is 23.7 Å². The Morgan fingerprint density at radius 2 is 2.08 bits per heavy atom. The van der Waals surface area contributed by atoms with Crippen LogP contribution < -0.4 is 4.90 Å². The van der Waals surface area contributed by atoms with Gasteiger partial charge in [0.25, 0.3) is 0 Å². The molecule has 6 nitrogen and oxygen atoms in total. The van der Waals surface area contributed by atoms with Crippen molar-refractivity contribution in [1.82, 2.24) is 15.1 Å². The van der Waals surface area contributed by atoms with Gasteiger partial charge < -0.3 is 9.32 Å². The van der Waals surface area contributed by atoms with Gasteiger partial charge in [-0.2, -0.15) is 0 Å². The summed E-state index contributed by atoms with van der Waals surface area (Å²) >= 11 is 6.22. The number of para-hydroxylation sites is 1. The second-order valence-corrected chi connectivity index (χ2v) is 6.88. The van der Waals surface area contributed by atoms with E-state index >= 15 is 0 Å². The summed E-state index contributed by atoms with van der Waals surface area (Å²) < 4.78 is 5.69. The molecule has 1 saturated heterocycles. The molecule has 2 fully saturated rings. The molecule has 2 heterocycles. The first-order chi connectivity index (χ1) is 11.6. The second-order valence-electron chi connectivity index (χ2n) is 6.47. The average Bonchev–Trinajstić information content (AvgIpc) is 3.20. The first-order valence-corrected chi connectivity index (χ1v) is 8.59. The lowest BCUT2D eigenvalue weighted by molar-refractivity contribution is -0.121. The molecular weight excluding hydrogens is 328 g/mol. The summed E-state index contributed by atoms with van der Waals surface area (Å²) in [7, 11) is 1.92. The highest BCUT2D eigenvalue weighted by Crippen LogP contribution is 2.39. The Labute approximate surface area is 145 Å². The lowest BCUT2D eigenvalue weighted by Gasteiger charge is -2.22. The molecule has 1 saturated carbocycles. The highest BCUT2D eigenvalue weighted by atomic mass is 35.5. The van der Waals surface area contributed by atoms with Crippen LogP contribution in [0.3, 0.4) is 0 Å². The molecule has 0 bridgehead atoms.